The first-order valence-corrected chi connectivity index (χ1v) is 9.58. The van der Waals surface area contributed by atoms with E-state index in [1.165, 1.54) is 12.1 Å². The van der Waals surface area contributed by atoms with Crippen molar-refractivity contribution in [1.29, 1.82) is 0 Å². The van der Waals surface area contributed by atoms with Gasteiger partial charge in [0, 0.05) is 24.2 Å². The Hall–Kier alpha value is -2.29. The molecule has 0 bridgehead atoms. The van der Waals surface area contributed by atoms with Gasteiger partial charge in [0.25, 0.3) is 5.69 Å². The van der Waals surface area contributed by atoms with Crippen molar-refractivity contribution in [3.8, 4) is 0 Å². The lowest BCUT2D eigenvalue weighted by atomic mass is 10.0. The average molecular weight is 377 g/mol. The maximum atomic E-state index is 12.6. The topological polar surface area (TPSA) is 92.5 Å². The molecule has 0 aliphatic heterocycles. The first-order valence-electron chi connectivity index (χ1n) is 8.09. The van der Waals surface area contributed by atoms with E-state index in [1.54, 1.807) is 6.92 Å². The maximum absolute atomic E-state index is 12.6. The van der Waals surface area contributed by atoms with E-state index in [0.29, 0.717) is 5.56 Å². The molecule has 0 aromatic heterocycles. The van der Waals surface area contributed by atoms with E-state index in [-0.39, 0.29) is 23.2 Å². The largest absolute Gasteiger partial charge is 0.301 e. The standard InChI is InChI=1S/C18H23N3O4S/c1-13-5-8-15(9-6-13)18(20(3)4)12-19-26(24,25)16-10-7-14(2)17(11-16)21(22)23/h5-11,18-19H,12H2,1-4H3/t18-/m1/s1. The Labute approximate surface area is 153 Å². The van der Waals surface area contributed by atoms with Crippen molar-refractivity contribution in [3.63, 3.8) is 0 Å². The van der Waals surface area contributed by atoms with E-state index in [1.807, 2.05) is 50.2 Å². The molecule has 0 unspecified atom stereocenters. The van der Waals surface area contributed by atoms with E-state index < -0.39 is 14.9 Å². The molecule has 2 aromatic carbocycles. The number of nitrogens with zero attached hydrogens (tertiary/aromatic N) is 2. The van der Waals surface area contributed by atoms with E-state index in [4.69, 9.17) is 0 Å². The summed E-state index contributed by atoms with van der Waals surface area (Å²) in [4.78, 5) is 12.3. The molecule has 2 aromatic rings. The van der Waals surface area contributed by atoms with Crippen LogP contribution in [0.4, 0.5) is 5.69 Å². The van der Waals surface area contributed by atoms with Crippen LogP contribution in [-0.2, 0) is 10.0 Å². The molecule has 0 heterocycles. The Morgan fingerprint density at radius 1 is 1.12 bits per heavy atom. The summed E-state index contributed by atoms with van der Waals surface area (Å²) in [6.07, 6.45) is 0. The summed E-state index contributed by atoms with van der Waals surface area (Å²) in [5.41, 5.74) is 2.31. The molecule has 2 rings (SSSR count). The van der Waals surface area contributed by atoms with Gasteiger partial charge in [-0.1, -0.05) is 35.9 Å². The van der Waals surface area contributed by atoms with Crippen LogP contribution in [0.2, 0.25) is 0 Å². The number of nitro groups is 1. The molecule has 1 atom stereocenters. The molecule has 0 radical (unpaired) electrons. The molecule has 7 nitrogen and oxygen atoms in total. The highest BCUT2D eigenvalue weighted by molar-refractivity contribution is 7.89. The highest BCUT2D eigenvalue weighted by Crippen LogP contribution is 2.23. The fraction of sp³-hybridized carbons (Fsp3) is 0.333. The molecule has 26 heavy (non-hydrogen) atoms. The zero-order valence-corrected chi connectivity index (χ0v) is 16.1. The molecule has 0 saturated heterocycles. The molecule has 0 fully saturated rings. The summed E-state index contributed by atoms with van der Waals surface area (Å²) < 4.78 is 27.7. The van der Waals surface area contributed by atoms with Crippen molar-refractivity contribution in [2.45, 2.75) is 24.8 Å². The first-order chi connectivity index (χ1) is 12.1. The molecule has 140 valence electrons. The molecule has 8 heteroatoms. The minimum absolute atomic E-state index is 0.115. The predicted molar refractivity (Wildman–Crippen MR) is 101 cm³/mol. The number of benzene rings is 2. The number of rotatable bonds is 7. The van der Waals surface area contributed by atoms with Gasteiger partial charge in [0.05, 0.1) is 9.82 Å². The zero-order chi connectivity index (χ0) is 19.5. The summed E-state index contributed by atoms with van der Waals surface area (Å²) in [7, 11) is -0.118. The second kappa shape index (κ2) is 7.94. The number of aryl methyl sites for hydroxylation is 2. The van der Waals surface area contributed by atoms with E-state index in [9.17, 15) is 18.5 Å². The van der Waals surface area contributed by atoms with Crippen molar-refractivity contribution in [2.24, 2.45) is 0 Å². The van der Waals surface area contributed by atoms with E-state index >= 15 is 0 Å². The van der Waals surface area contributed by atoms with Crippen LogP contribution in [-0.4, -0.2) is 38.9 Å². The van der Waals surface area contributed by atoms with Crippen LogP contribution >= 0.6 is 0 Å². The summed E-state index contributed by atoms with van der Waals surface area (Å²) in [5.74, 6) is 0. The van der Waals surface area contributed by atoms with E-state index in [2.05, 4.69) is 4.72 Å². The first kappa shape index (κ1) is 20.0. The lowest BCUT2D eigenvalue weighted by Gasteiger charge is -2.25. The molecular formula is C18H23N3O4S. The number of likely N-dealkylation sites (N-methyl/N-ethyl adjacent to an activating group) is 1. The zero-order valence-electron chi connectivity index (χ0n) is 15.3. The Morgan fingerprint density at radius 3 is 2.27 bits per heavy atom. The van der Waals surface area contributed by atoms with Crippen LogP contribution in [0.25, 0.3) is 0 Å². The Bertz CT molecular complexity index is 893. The minimum Gasteiger partial charge on any atom is -0.301 e. The van der Waals surface area contributed by atoms with Gasteiger partial charge in [-0.2, -0.15) is 0 Å². The molecule has 0 aliphatic carbocycles. The fourth-order valence-electron chi connectivity index (χ4n) is 2.61. The maximum Gasteiger partial charge on any atom is 0.273 e. The Morgan fingerprint density at radius 2 is 1.73 bits per heavy atom. The summed E-state index contributed by atoms with van der Waals surface area (Å²) >= 11 is 0. The van der Waals surface area contributed by atoms with Gasteiger partial charge in [-0.3, -0.25) is 10.1 Å². The monoisotopic (exact) mass is 377 g/mol. The second-order valence-corrected chi connectivity index (χ2v) is 8.21. The quantitative estimate of drug-likeness (QED) is 0.592. The normalized spacial score (nSPS) is 13.0. The lowest BCUT2D eigenvalue weighted by Crippen LogP contribution is -2.34. The van der Waals surface area contributed by atoms with Gasteiger partial charge in [0.1, 0.15) is 0 Å². The predicted octanol–water partition coefficient (Wildman–Crippen LogP) is 2.79. The molecular weight excluding hydrogens is 354 g/mol. The number of hydrogen-bond donors (Lipinski definition) is 1. The SMILES string of the molecule is Cc1ccc([C@@H](CNS(=O)(=O)c2ccc(C)c([N+](=O)[O-])c2)N(C)C)cc1. The summed E-state index contributed by atoms with van der Waals surface area (Å²) in [5, 5.41) is 11.1. The molecule has 0 spiro atoms. The third kappa shape index (κ3) is 4.66. The van der Waals surface area contributed by atoms with Crippen LogP contribution < -0.4 is 4.72 Å². The smallest absolute Gasteiger partial charge is 0.273 e. The summed E-state index contributed by atoms with van der Waals surface area (Å²) in [6, 6.07) is 11.6. The van der Waals surface area contributed by atoms with Gasteiger partial charge in [-0.15, -0.1) is 0 Å². The second-order valence-electron chi connectivity index (χ2n) is 6.45. The van der Waals surface area contributed by atoms with Gasteiger partial charge < -0.3 is 4.90 Å². The Kier molecular flexibility index (Phi) is 6.12. The van der Waals surface area contributed by atoms with Crippen LogP contribution in [0.5, 0.6) is 0 Å². The van der Waals surface area contributed by atoms with Crippen LogP contribution in [0.15, 0.2) is 47.4 Å². The third-order valence-electron chi connectivity index (χ3n) is 4.24. The van der Waals surface area contributed by atoms with E-state index in [0.717, 1.165) is 17.2 Å². The number of nitro benzene ring substituents is 1. The molecule has 1 N–H and O–H groups in total. The third-order valence-corrected chi connectivity index (χ3v) is 5.66. The van der Waals surface area contributed by atoms with Crippen molar-refractivity contribution >= 4 is 15.7 Å². The highest BCUT2D eigenvalue weighted by atomic mass is 32.2. The lowest BCUT2D eigenvalue weighted by molar-refractivity contribution is -0.385. The molecule has 0 saturated carbocycles. The van der Waals surface area contributed by atoms with Gasteiger partial charge >= 0.3 is 0 Å². The van der Waals surface area contributed by atoms with Crippen molar-refractivity contribution in [2.75, 3.05) is 20.6 Å². The summed E-state index contributed by atoms with van der Waals surface area (Å²) in [6.45, 7) is 3.71. The number of nitrogens with one attached hydrogen (secondary N) is 1. The van der Waals surface area contributed by atoms with Gasteiger partial charge in [0.2, 0.25) is 10.0 Å². The molecule has 0 amide bonds. The van der Waals surface area contributed by atoms with Crippen LogP contribution in [0.3, 0.4) is 0 Å². The van der Waals surface area contributed by atoms with Crippen molar-refractivity contribution < 1.29 is 13.3 Å². The van der Waals surface area contributed by atoms with Gasteiger partial charge in [0.15, 0.2) is 0 Å². The van der Waals surface area contributed by atoms with Crippen LogP contribution in [0, 0.1) is 24.0 Å². The molecule has 0 aliphatic rings. The minimum atomic E-state index is -3.86. The average Bonchev–Trinajstić information content (AvgIpc) is 2.56. The number of sulfonamides is 1. The van der Waals surface area contributed by atoms with Crippen molar-refractivity contribution in [3.05, 3.63) is 69.3 Å². The number of hydrogen-bond acceptors (Lipinski definition) is 5. The highest BCUT2D eigenvalue weighted by Gasteiger charge is 2.22. The fourth-order valence-corrected chi connectivity index (χ4v) is 3.67. The van der Waals surface area contributed by atoms with Gasteiger partial charge in [-0.25, -0.2) is 13.1 Å². The van der Waals surface area contributed by atoms with Crippen LogP contribution in [0.1, 0.15) is 22.7 Å². The van der Waals surface area contributed by atoms with Crippen molar-refractivity contribution in [1.82, 2.24) is 9.62 Å². The van der Waals surface area contributed by atoms with Gasteiger partial charge in [-0.05, 0) is 39.6 Å². The Balaban J connectivity index is 2.24.